The topological polar surface area (TPSA) is 86.9 Å². The van der Waals surface area contributed by atoms with Gasteiger partial charge < -0.3 is 11.5 Å². The van der Waals surface area contributed by atoms with Gasteiger partial charge in [0.25, 0.3) is 5.91 Å². The molecule has 0 radical (unpaired) electrons. The van der Waals surface area contributed by atoms with Gasteiger partial charge in [0, 0.05) is 11.8 Å². The van der Waals surface area contributed by atoms with Crippen LogP contribution in [0.25, 0.3) is 5.69 Å². The molecule has 0 atom stereocenters. The molecule has 1 aromatic heterocycles. The quantitative estimate of drug-likeness (QED) is 0.818. The van der Waals surface area contributed by atoms with E-state index in [1.165, 1.54) is 12.3 Å². The maximum atomic E-state index is 13.8. The van der Waals surface area contributed by atoms with Crippen LogP contribution < -0.4 is 11.5 Å². The van der Waals surface area contributed by atoms with Crippen LogP contribution in [-0.4, -0.2) is 20.7 Å². The van der Waals surface area contributed by atoms with Gasteiger partial charge in [-0.15, -0.1) is 0 Å². The van der Waals surface area contributed by atoms with Crippen LogP contribution >= 0.6 is 12.2 Å². The van der Waals surface area contributed by atoms with Crippen molar-refractivity contribution in [2.75, 3.05) is 0 Å². The smallest absolute Gasteiger partial charge is 0.269 e. The van der Waals surface area contributed by atoms with Crippen molar-refractivity contribution in [2.24, 2.45) is 11.5 Å². The number of rotatable bonds is 3. The lowest BCUT2D eigenvalue weighted by Gasteiger charge is -2.07. The Balaban J connectivity index is 2.55. The van der Waals surface area contributed by atoms with E-state index in [2.05, 4.69) is 17.3 Å². The molecule has 1 aromatic carbocycles. The molecule has 0 spiro atoms. The van der Waals surface area contributed by atoms with Gasteiger partial charge in [-0.05, 0) is 18.2 Å². The van der Waals surface area contributed by atoms with E-state index >= 15 is 0 Å². The molecule has 0 bridgehead atoms. The summed E-state index contributed by atoms with van der Waals surface area (Å²) in [5.41, 5.74) is 9.84. The monoisotopic (exact) mass is 282 g/mol. The number of carbonyl (C=O) groups is 1. The van der Waals surface area contributed by atoms with Crippen molar-refractivity contribution in [3.8, 4) is 5.69 Å². The summed E-state index contributed by atoms with van der Waals surface area (Å²) in [6.07, 6.45) is 1.22. The Hall–Kier alpha value is -2.35. The van der Waals surface area contributed by atoms with E-state index in [9.17, 15) is 13.6 Å². The fraction of sp³-hybridized carbons (Fsp3) is 0. The molecular formula is C11H8F2N4OS. The fourth-order valence-corrected chi connectivity index (χ4v) is 1.62. The number of halogens is 2. The van der Waals surface area contributed by atoms with Crippen LogP contribution in [0.2, 0.25) is 0 Å². The predicted octanol–water partition coefficient (Wildman–Crippen LogP) is 0.884. The lowest BCUT2D eigenvalue weighted by atomic mass is 10.2. The van der Waals surface area contributed by atoms with Crippen molar-refractivity contribution in [3.05, 3.63) is 47.3 Å². The number of thiocarbonyl (C=S) groups is 1. The number of hydrogen-bond acceptors (Lipinski definition) is 3. The molecule has 1 heterocycles. The fourth-order valence-electron chi connectivity index (χ4n) is 1.51. The first-order valence-corrected chi connectivity index (χ1v) is 5.45. The van der Waals surface area contributed by atoms with Gasteiger partial charge in [0.1, 0.15) is 16.4 Å². The Labute approximate surface area is 111 Å². The number of carbonyl (C=O) groups excluding carboxylic acids is 1. The lowest BCUT2D eigenvalue weighted by molar-refractivity contribution is 0.0995. The highest BCUT2D eigenvalue weighted by Gasteiger charge is 2.16. The number of benzene rings is 1. The van der Waals surface area contributed by atoms with E-state index in [4.69, 9.17) is 11.5 Å². The maximum absolute atomic E-state index is 13.8. The molecule has 0 aliphatic carbocycles. The zero-order valence-electron chi connectivity index (χ0n) is 9.43. The summed E-state index contributed by atoms with van der Waals surface area (Å²) < 4.78 is 28.6. The van der Waals surface area contributed by atoms with Crippen molar-refractivity contribution in [1.29, 1.82) is 0 Å². The highest BCUT2D eigenvalue weighted by molar-refractivity contribution is 7.80. The summed E-state index contributed by atoms with van der Waals surface area (Å²) >= 11 is 4.64. The first kappa shape index (κ1) is 13.1. The zero-order chi connectivity index (χ0) is 14.2. The average Bonchev–Trinajstić information content (AvgIpc) is 2.77. The first-order valence-electron chi connectivity index (χ1n) is 5.05. The number of primary amides is 1. The molecule has 0 saturated heterocycles. The summed E-state index contributed by atoms with van der Waals surface area (Å²) in [7, 11) is 0. The second-order valence-corrected chi connectivity index (χ2v) is 4.10. The molecule has 98 valence electrons. The lowest BCUT2D eigenvalue weighted by Crippen LogP contribution is -2.14. The Kier molecular flexibility index (Phi) is 3.26. The first-order chi connectivity index (χ1) is 8.90. The SMILES string of the molecule is NC(=O)c1ccn(-c2c(F)cc(C(N)=S)cc2F)n1. The maximum Gasteiger partial charge on any atom is 0.269 e. The molecule has 0 aliphatic rings. The molecule has 0 saturated carbocycles. The third-order valence-electron chi connectivity index (χ3n) is 2.37. The summed E-state index contributed by atoms with van der Waals surface area (Å²) in [6, 6.07) is 3.24. The van der Waals surface area contributed by atoms with Crippen molar-refractivity contribution >= 4 is 23.1 Å². The number of hydrogen-bond donors (Lipinski definition) is 2. The normalized spacial score (nSPS) is 10.4. The third kappa shape index (κ3) is 2.43. The number of aromatic nitrogens is 2. The van der Waals surface area contributed by atoms with Crippen molar-refractivity contribution in [3.63, 3.8) is 0 Å². The minimum absolute atomic E-state index is 0.0658. The summed E-state index contributed by atoms with van der Waals surface area (Å²) in [4.78, 5) is 10.8. The van der Waals surface area contributed by atoms with Crippen molar-refractivity contribution < 1.29 is 13.6 Å². The van der Waals surface area contributed by atoms with E-state index in [0.717, 1.165) is 16.8 Å². The molecule has 0 aliphatic heterocycles. The van der Waals surface area contributed by atoms with Crippen LogP contribution in [0.3, 0.4) is 0 Å². The van der Waals surface area contributed by atoms with Crippen LogP contribution in [0.4, 0.5) is 8.78 Å². The average molecular weight is 282 g/mol. The molecular weight excluding hydrogens is 274 g/mol. The Morgan fingerprint density at radius 2 is 1.84 bits per heavy atom. The van der Waals surface area contributed by atoms with Gasteiger partial charge in [-0.25, -0.2) is 13.5 Å². The number of nitrogens with zero attached hydrogens (tertiary/aromatic N) is 2. The molecule has 0 unspecified atom stereocenters. The molecule has 4 N–H and O–H groups in total. The second kappa shape index (κ2) is 4.73. The third-order valence-corrected chi connectivity index (χ3v) is 2.61. The van der Waals surface area contributed by atoms with Crippen LogP contribution in [0.5, 0.6) is 0 Å². The zero-order valence-corrected chi connectivity index (χ0v) is 10.2. The van der Waals surface area contributed by atoms with Crippen LogP contribution in [0.15, 0.2) is 24.4 Å². The predicted molar refractivity (Wildman–Crippen MR) is 67.9 cm³/mol. The Morgan fingerprint density at radius 3 is 2.26 bits per heavy atom. The summed E-state index contributed by atoms with van der Waals surface area (Å²) in [6.45, 7) is 0. The molecule has 19 heavy (non-hydrogen) atoms. The van der Waals surface area contributed by atoms with Gasteiger partial charge in [0.05, 0.1) is 0 Å². The highest BCUT2D eigenvalue weighted by Crippen LogP contribution is 2.19. The minimum atomic E-state index is -0.901. The van der Waals surface area contributed by atoms with Crippen LogP contribution in [0, 0.1) is 11.6 Å². The van der Waals surface area contributed by atoms with Crippen molar-refractivity contribution in [2.45, 2.75) is 0 Å². The van der Waals surface area contributed by atoms with Crippen LogP contribution in [-0.2, 0) is 0 Å². The summed E-state index contributed by atoms with van der Waals surface area (Å²) in [5.74, 6) is -2.59. The number of amides is 1. The van der Waals surface area contributed by atoms with E-state index < -0.39 is 23.2 Å². The largest absolute Gasteiger partial charge is 0.389 e. The van der Waals surface area contributed by atoms with E-state index in [-0.39, 0.29) is 16.2 Å². The van der Waals surface area contributed by atoms with Gasteiger partial charge in [-0.2, -0.15) is 5.10 Å². The van der Waals surface area contributed by atoms with Gasteiger partial charge in [-0.3, -0.25) is 4.79 Å². The van der Waals surface area contributed by atoms with Gasteiger partial charge >= 0.3 is 0 Å². The van der Waals surface area contributed by atoms with E-state index in [1.54, 1.807) is 0 Å². The highest BCUT2D eigenvalue weighted by atomic mass is 32.1. The van der Waals surface area contributed by atoms with Gasteiger partial charge in [-0.1, -0.05) is 12.2 Å². The molecule has 8 heteroatoms. The number of nitrogens with two attached hydrogens (primary N) is 2. The molecule has 1 amide bonds. The minimum Gasteiger partial charge on any atom is -0.389 e. The standard InChI is InChI=1S/C11H8F2N4OS/c12-6-3-5(11(15)19)4-7(13)9(6)17-2-1-8(16-17)10(14)18/h1-4H,(H2,14,18)(H2,15,19). The van der Waals surface area contributed by atoms with Crippen molar-refractivity contribution in [1.82, 2.24) is 9.78 Å². The van der Waals surface area contributed by atoms with Gasteiger partial charge in [0.2, 0.25) is 0 Å². The van der Waals surface area contributed by atoms with Crippen LogP contribution in [0.1, 0.15) is 16.1 Å². The second-order valence-electron chi connectivity index (χ2n) is 3.66. The van der Waals surface area contributed by atoms with E-state index in [0.29, 0.717) is 0 Å². The molecule has 2 aromatic rings. The molecule has 5 nitrogen and oxygen atoms in total. The van der Waals surface area contributed by atoms with E-state index in [1.807, 2.05) is 0 Å². The molecule has 0 fully saturated rings. The van der Waals surface area contributed by atoms with Gasteiger partial charge in [0.15, 0.2) is 11.6 Å². The molecule has 2 rings (SSSR count). The Morgan fingerprint density at radius 1 is 1.26 bits per heavy atom. The summed E-state index contributed by atoms with van der Waals surface area (Å²) in [5, 5.41) is 3.67. The Bertz CT molecular complexity index is 660.